The highest BCUT2D eigenvalue weighted by molar-refractivity contribution is 6.30. The summed E-state index contributed by atoms with van der Waals surface area (Å²) >= 11 is 6.18. The Balaban J connectivity index is 1.28. The van der Waals surface area contributed by atoms with Crippen LogP contribution in [-0.4, -0.2) is 29.1 Å². The Hall–Kier alpha value is -2.79. The first-order valence-corrected chi connectivity index (χ1v) is 10.3. The number of nitrogens with zero attached hydrogens (tertiary/aromatic N) is 3. The summed E-state index contributed by atoms with van der Waals surface area (Å²) in [5.41, 5.74) is 3.96. The minimum atomic E-state index is 0.178. The van der Waals surface area contributed by atoms with Crippen molar-refractivity contribution in [1.82, 2.24) is 20.2 Å². The second-order valence-electron chi connectivity index (χ2n) is 7.62. The number of guanidine groups is 1. The molecular formula is C23H26ClN5. The van der Waals surface area contributed by atoms with Gasteiger partial charge in [0.05, 0.1) is 6.33 Å². The highest BCUT2D eigenvalue weighted by atomic mass is 35.5. The van der Waals surface area contributed by atoms with Crippen LogP contribution in [0.3, 0.4) is 0 Å². The van der Waals surface area contributed by atoms with Crippen molar-refractivity contribution in [2.24, 2.45) is 4.99 Å². The summed E-state index contributed by atoms with van der Waals surface area (Å²) in [6, 6.07) is 16.8. The van der Waals surface area contributed by atoms with E-state index in [2.05, 4.69) is 61.6 Å². The van der Waals surface area contributed by atoms with Crippen molar-refractivity contribution in [1.29, 1.82) is 0 Å². The molecule has 3 aromatic rings. The Labute approximate surface area is 176 Å². The predicted molar refractivity (Wildman–Crippen MR) is 118 cm³/mol. The van der Waals surface area contributed by atoms with Crippen molar-refractivity contribution < 1.29 is 0 Å². The van der Waals surface area contributed by atoms with Crippen LogP contribution in [0.25, 0.3) is 0 Å². The van der Waals surface area contributed by atoms with E-state index < -0.39 is 0 Å². The smallest absolute Gasteiger partial charge is 0.191 e. The maximum absolute atomic E-state index is 6.18. The molecule has 1 heterocycles. The zero-order valence-corrected chi connectivity index (χ0v) is 17.4. The first-order chi connectivity index (χ1) is 14.2. The Kier molecular flexibility index (Phi) is 5.86. The fourth-order valence-corrected chi connectivity index (χ4v) is 3.74. The summed E-state index contributed by atoms with van der Waals surface area (Å²) in [4.78, 5) is 8.45. The molecule has 0 spiro atoms. The lowest BCUT2D eigenvalue weighted by molar-refractivity contribution is 0.645. The molecule has 29 heavy (non-hydrogen) atoms. The second-order valence-corrected chi connectivity index (χ2v) is 8.06. The van der Waals surface area contributed by atoms with E-state index in [9.17, 15) is 0 Å². The van der Waals surface area contributed by atoms with Gasteiger partial charge in [-0.05, 0) is 41.7 Å². The van der Waals surface area contributed by atoms with Gasteiger partial charge in [0, 0.05) is 49.5 Å². The van der Waals surface area contributed by atoms with Gasteiger partial charge in [-0.2, -0.15) is 0 Å². The molecule has 4 rings (SSSR count). The molecule has 1 aliphatic carbocycles. The van der Waals surface area contributed by atoms with Gasteiger partial charge in [-0.15, -0.1) is 0 Å². The molecule has 2 aromatic carbocycles. The largest absolute Gasteiger partial charge is 0.356 e. The Morgan fingerprint density at radius 3 is 2.59 bits per heavy atom. The summed E-state index contributed by atoms with van der Waals surface area (Å²) in [5.74, 6) is 0.820. The van der Waals surface area contributed by atoms with Crippen LogP contribution in [0.1, 0.15) is 29.5 Å². The monoisotopic (exact) mass is 407 g/mol. The second kappa shape index (κ2) is 8.70. The molecule has 0 unspecified atom stereocenters. The highest BCUT2D eigenvalue weighted by Crippen LogP contribution is 2.48. The van der Waals surface area contributed by atoms with Gasteiger partial charge in [-0.25, -0.2) is 4.98 Å². The third kappa shape index (κ3) is 4.98. The van der Waals surface area contributed by atoms with Crippen molar-refractivity contribution in [3.63, 3.8) is 0 Å². The molecule has 0 radical (unpaired) electrons. The molecule has 6 heteroatoms. The van der Waals surface area contributed by atoms with E-state index in [1.54, 1.807) is 6.20 Å². The van der Waals surface area contributed by atoms with Gasteiger partial charge in [0.2, 0.25) is 0 Å². The lowest BCUT2D eigenvalue weighted by Crippen LogP contribution is -2.40. The molecule has 1 saturated carbocycles. The van der Waals surface area contributed by atoms with E-state index in [1.165, 1.54) is 29.5 Å². The standard InChI is InChI=1S/C23H26ClN5/c1-25-22(28-16-23(9-10-23)20-3-2-4-21(24)13-20)27-14-18-5-7-19(8-6-18)15-29-12-11-26-17-29/h2-8,11-13,17H,9-10,14-16H2,1H3,(H2,25,27,28). The minimum Gasteiger partial charge on any atom is -0.356 e. The van der Waals surface area contributed by atoms with Crippen LogP contribution in [0, 0.1) is 0 Å². The Morgan fingerprint density at radius 1 is 1.14 bits per heavy atom. The van der Waals surface area contributed by atoms with Crippen LogP contribution >= 0.6 is 11.6 Å². The van der Waals surface area contributed by atoms with Gasteiger partial charge in [0.1, 0.15) is 0 Å². The normalized spacial score (nSPS) is 15.2. The van der Waals surface area contributed by atoms with Gasteiger partial charge in [0.15, 0.2) is 5.96 Å². The first kappa shape index (κ1) is 19.5. The number of halogens is 1. The van der Waals surface area contributed by atoms with E-state index >= 15 is 0 Å². The molecule has 150 valence electrons. The molecule has 1 aliphatic rings. The zero-order chi connectivity index (χ0) is 20.1. The molecule has 1 fully saturated rings. The van der Waals surface area contributed by atoms with Crippen LogP contribution in [0.15, 0.2) is 72.2 Å². The zero-order valence-electron chi connectivity index (χ0n) is 16.6. The van der Waals surface area contributed by atoms with Gasteiger partial charge in [0.25, 0.3) is 0 Å². The predicted octanol–water partition coefficient (Wildman–Crippen LogP) is 3.98. The molecule has 0 bridgehead atoms. The average molecular weight is 408 g/mol. The van der Waals surface area contributed by atoms with Crippen LogP contribution in [0.5, 0.6) is 0 Å². The number of benzene rings is 2. The molecule has 5 nitrogen and oxygen atoms in total. The van der Waals surface area contributed by atoms with E-state index in [1.807, 2.05) is 31.7 Å². The van der Waals surface area contributed by atoms with E-state index in [-0.39, 0.29) is 5.41 Å². The number of imidazole rings is 1. The summed E-state index contributed by atoms with van der Waals surface area (Å²) in [5, 5.41) is 7.70. The molecule has 2 N–H and O–H groups in total. The molecular weight excluding hydrogens is 382 g/mol. The first-order valence-electron chi connectivity index (χ1n) is 9.91. The molecule has 0 saturated heterocycles. The number of rotatable bonds is 7. The summed E-state index contributed by atoms with van der Waals surface area (Å²) in [6.07, 6.45) is 7.96. The topological polar surface area (TPSA) is 54.2 Å². The average Bonchev–Trinajstić information content (AvgIpc) is 3.37. The highest BCUT2D eigenvalue weighted by Gasteiger charge is 2.44. The van der Waals surface area contributed by atoms with Crippen LogP contribution in [-0.2, 0) is 18.5 Å². The Morgan fingerprint density at radius 2 is 1.93 bits per heavy atom. The number of nitrogens with one attached hydrogen (secondary N) is 2. The van der Waals surface area contributed by atoms with Crippen LogP contribution < -0.4 is 10.6 Å². The van der Waals surface area contributed by atoms with Crippen molar-refractivity contribution in [3.8, 4) is 0 Å². The maximum atomic E-state index is 6.18. The van der Waals surface area contributed by atoms with E-state index in [4.69, 9.17) is 11.6 Å². The minimum absolute atomic E-state index is 0.178. The van der Waals surface area contributed by atoms with E-state index in [0.29, 0.717) is 0 Å². The van der Waals surface area contributed by atoms with Crippen molar-refractivity contribution in [3.05, 3.63) is 89.0 Å². The van der Waals surface area contributed by atoms with Crippen molar-refractivity contribution in [2.75, 3.05) is 13.6 Å². The van der Waals surface area contributed by atoms with Crippen LogP contribution in [0.2, 0.25) is 5.02 Å². The fraction of sp³-hybridized carbons (Fsp3) is 0.304. The molecule has 0 amide bonds. The van der Waals surface area contributed by atoms with Gasteiger partial charge < -0.3 is 15.2 Å². The van der Waals surface area contributed by atoms with Gasteiger partial charge in [-0.1, -0.05) is 48.0 Å². The third-order valence-corrected chi connectivity index (χ3v) is 5.75. The van der Waals surface area contributed by atoms with Gasteiger partial charge >= 0.3 is 0 Å². The number of hydrogen-bond donors (Lipinski definition) is 2. The number of hydrogen-bond acceptors (Lipinski definition) is 2. The van der Waals surface area contributed by atoms with Crippen molar-refractivity contribution in [2.45, 2.75) is 31.3 Å². The van der Waals surface area contributed by atoms with Gasteiger partial charge in [-0.3, -0.25) is 4.99 Å². The lowest BCUT2D eigenvalue weighted by atomic mass is 9.96. The molecule has 1 aromatic heterocycles. The summed E-state index contributed by atoms with van der Waals surface area (Å²) in [7, 11) is 1.81. The summed E-state index contributed by atoms with van der Waals surface area (Å²) in [6.45, 7) is 2.43. The Bertz CT molecular complexity index is 959. The van der Waals surface area contributed by atoms with Crippen molar-refractivity contribution >= 4 is 17.6 Å². The molecule has 0 aliphatic heterocycles. The van der Waals surface area contributed by atoms with E-state index in [0.717, 1.165) is 30.6 Å². The fourth-order valence-electron chi connectivity index (χ4n) is 3.55. The maximum Gasteiger partial charge on any atom is 0.191 e. The number of aromatic nitrogens is 2. The third-order valence-electron chi connectivity index (χ3n) is 5.52. The SMILES string of the molecule is CN=C(NCc1ccc(Cn2ccnc2)cc1)NCC1(c2cccc(Cl)c2)CC1. The summed E-state index contributed by atoms with van der Waals surface area (Å²) < 4.78 is 2.06. The molecule has 0 atom stereocenters. The van der Waals surface area contributed by atoms with Crippen LogP contribution in [0.4, 0.5) is 0 Å². The quantitative estimate of drug-likeness (QED) is 0.460. The number of aliphatic imine (C=N–C) groups is 1. The lowest BCUT2D eigenvalue weighted by Gasteiger charge is -2.19.